The van der Waals surface area contributed by atoms with E-state index < -0.39 is 0 Å². The molecule has 0 aromatic heterocycles. The van der Waals surface area contributed by atoms with Gasteiger partial charge in [-0.15, -0.1) is 0 Å². The topological polar surface area (TPSA) is 40.5 Å². The Balaban J connectivity index is 2.79. The third-order valence-corrected chi connectivity index (χ3v) is 2.37. The largest absolute Gasteiger partial charge is 0.395 e. The number of hydrogen-bond donors (Lipinski definition) is 2. The van der Waals surface area contributed by atoms with Crippen LogP contribution in [0.1, 0.15) is 13.8 Å². The van der Waals surface area contributed by atoms with Crippen molar-refractivity contribution < 1.29 is 10.2 Å². The summed E-state index contributed by atoms with van der Waals surface area (Å²) in [6.45, 7) is 4.14. The summed E-state index contributed by atoms with van der Waals surface area (Å²) in [4.78, 5) is 0. The molecule has 0 aromatic rings. The van der Waals surface area contributed by atoms with Gasteiger partial charge in [0.1, 0.15) is 0 Å². The maximum atomic E-state index is 9.03. The second-order valence-corrected chi connectivity index (χ2v) is 3.99. The molecule has 0 amide bonds. The average molecular weight is 168 g/mol. The Morgan fingerprint density at radius 3 is 1.25 bits per heavy atom. The van der Waals surface area contributed by atoms with E-state index in [9.17, 15) is 0 Å². The first-order valence-electron chi connectivity index (χ1n) is 4.16. The highest BCUT2D eigenvalue weighted by Gasteiger charge is 2.26. The Morgan fingerprint density at radius 2 is 1.08 bits per heavy atom. The van der Waals surface area contributed by atoms with Crippen molar-refractivity contribution in [2.45, 2.75) is 13.8 Å². The first kappa shape index (κ1) is 9.49. The van der Waals surface area contributed by atoms with Crippen molar-refractivity contribution in [3.63, 3.8) is 0 Å². The highest BCUT2D eigenvalue weighted by molar-refractivity contribution is 5.23. The lowest BCUT2D eigenvalue weighted by molar-refractivity contribution is 0.197. The Labute approximate surface area is 73.2 Å². The summed E-state index contributed by atoms with van der Waals surface area (Å²) in [5.74, 6) is 0. The minimum absolute atomic E-state index is 0.113. The minimum atomic E-state index is -0.241. The molecule has 2 N–H and O–H groups in total. The molecule has 68 valence electrons. The maximum Gasteiger partial charge on any atom is 0.0554 e. The fourth-order valence-corrected chi connectivity index (χ4v) is 1.08. The molecule has 0 bridgehead atoms. The van der Waals surface area contributed by atoms with Crippen LogP contribution in [0.15, 0.2) is 24.3 Å². The minimum Gasteiger partial charge on any atom is -0.395 e. The van der Waals surface area contributed by atoms with Crippen LogP contribution in [0.2, 0.25) is 0 Å². The smallest absolute Gasteiger partial charge is 0.0554 e. The summed E-state index contributed by atoms with van der Waals surface area (Å²) in [7, 11) is 0. The van der Waals surface area contributed by atoms with Crippen molar-refractivity contribution in [2.75, 3.05) is 13.2 Å². The number of aliphatic hydroxyl groups is 2. The number of aliphatic hydroxyl groups excluding tert-OH is 2. The molecule has 0 spiro atoms. The molecule has 1 aliphatic carbocycles. The van der Waals surface area contributed by atoms with Crippen LogP contribution in [0.4, 0.5) is 0 Å². The van der Waals surface area contributed by atoms with Crippen molar-refractivity contribution in [1.82, 2.24) is 0 Å². The Kier molecular flexibility index (Phi) is 2.40. The van der Waals surface area contributed by atoms with Gasteiger partial charge in [0, 0.05) is 10.8 Å². The standard InChI is InChI=1S/C10H16O2/c1-9(7-11)3-5-10(2,8-12)6-4-9/h3-6,11-12H,7-8H2,1-2H3. The highest BCUT2D eigenvalue weighted by Crippen LogP contribution is 2.32. The molecular weight excluding hydrogens is 152 g/mol. The lowest BCUT2D eigenvalue weighted by Crippen LogP contribution is -2.25. The molecule has 0 aromatic carbocycles. The predicted octanol–water partition coefficient (Wildman–Crippen LogP) is 1.11. The van der Waals surface area contributed by atoms with Gasteiger partial charge in [0.2, 0.25) is 0 Å². The van der Waals surface area contributed by atoms with Gasteiger partial charge in [-0.1, -0.05) is 38.2 Å². The molecular formula is C10H16O2. The van der Waals surface area contributed by atoms with E-state index in [1.165, 1.54) is 0 Å². The van der Waals surface area contributed by atoms with E-state index in [1.807, 2.05) is 38.2 Å². The SMILES string of the molecule is CC1(CO)C=CC(C)(CO)C=C1. The Morgan fingerprint density at radius 1 is 0.833 bits per heavy atom. The number of rotatable bonds is 2. The molecule has 1 rings (SSSR count). The molecule has 0 atom stereocenters. The molecule has 0 unspecified atom stereocenters. The first-order valence-corrected chi connectivity index (χ1v) is 4.16. The van der Waals surface area contributed by atoms with Crippen LogP contribution in [-0.4, -0.2) is 23.4 Å². The first-order chi connectivity index (χ1) is 5.54. The van der Waals surface area contributed by atoms with Crippen LogP contribution >= 0.6 is 0 Å². The van der Waals surface area contributed by atoms with Crippen LogP contribution in [0.5, 0.6) is 0 Å². The molecule has 0 heterocycles. The van der Waals surface area contributed by atoms with E-state index >= 15 is 0 Å². The van der Waals surface area contributed by atoms with E-state index in [0.717, 1.165) is 0 Å². The summed E-state index contributed by atoms with van der Waals surface area (Å²) < 4.78 is 0. The normalized spacial score (nSPS) is 40.3. The lowest BCUT2D eigenvalue weighted by Gasteiger charge is -2.29. The lowest BCUT2D eigenvalue weighted by atomic mass is 9.78. The molecule has 2 heteroatoms. The third-order valence-electron chi connectivity index (χ3n) is 2.37. The third kappa shape index (κ3) is 1.76. The predicted molar refractivity (Wildman–Crippen MR) is 48.7 cm³/mol. The molecule has 0 fully saturated rings. The summed E-state index contributed by atoms with van der Waals surface area (Å²) in [5, 5.41) is 18.1. The average Bonchev–Trinajstić information content (AvgIpc) is 2.11. The van der Waals surface area contributed by atoms with Crippen LogP contribution < -0.4 is 0 Å². The van der Waals surface area contributed by atoms with Gasteiger partial charge in [-0.25, -0.2) is 0 Å². The fraction of sp³-hybridized carbons (Fsp3) is 0.600. The van der Waals surface area contributed by atoms with Crippen molar-refractivity contribution in [3.05, 3.63) is 24.3 Å². The van der Waals surface area contributed by atoms with Crippen molar-refractivity contribution in [1.29, 1.82) is 0 Å². The second kappa shape index (κ2) is 3.04. The maximum absolute atomic E-state index is 9.03. The second-order valence-electron chi connectivity index (χ2n) is 3.99. The van der Waals surface area contributed by atoms with Crippen molar-refractivity contribution in [2.24, 2.45) is 10.8 Å². The van der Waals surface area contributed by atoms with Gasteiger partial charge in [-0.05, 0) is 0 Å². The van der Waals surface area contributed by atoms with Gasteiger partial charge < -0.3 is 10.2 Å². The van der Waals surface area contributed by atoms with Gasteiger partial charge in [0.15, 0.2) is 0 Å². The number of hydrogen-bond acceptors (Lipinski definition) is 2. The quantitative estimate of drug-likeness (QED) is 0.606. The zero-order valence-electron chi connectivity index (χ0n) is 7.62. The summed E-state index contributed by atoms with van der Waals surface area (Å²) in [6.07, 6.45) is 7.79. The summed E-state index contributed by atoms with van der Waals surface area (Å²) >= 11 is 0. The van der Waals surface area contributed by atoms with Crippen LogP contribution in [0.25, 0.3) is 0 Å². The fourth-order valence-electron chi connectivity index (χ4n) is 1.08. The monoisotopic (exact) mass is 168 g/mol. The van der Waals surface area contributed by atoms with Crippen molar-refractivity contribution in [3.8, 4) is 0 Å². The van der Waals surface area contributed by atoms with E-state index in [1.54, 1.807) is 0 Å². The van der Waals surface area contributed by atoms with Gasteiger partial charge in [0.05, 0.1) is 13.2 Å². The molecule has 0 radical (unpaired) electrons. The molecule has 2 nitrogen and oxygen atoms in total. The Bertz CT molecular complexity index is 180. The molecule has 12 heavy (non-hydrogen) atoms. The van der Waals surface area contributed by atoms with Gasteiger partial charge in [0.25, 0.3) is 0 Å². The molecule has 0 saturated carbocycles. The molecule has 0 saturated heterocycles. The Hall–Kier alpha value is -0.600. The van der Waals surface area contributed by atoms with Gasteiger partial charge in [-0.3, -0.25) is 0 Å². The summed E-state index contributed by atoms with van der Waals surface area (Å²) in [5.41, 5.74) is -0.483. The van der Waals surface area contributed by atoms with Crippen LogP contribution in [0, 0.1) is 10.8 Å². The molecule has 0 aliphatic heterocycles. The van der Waals surface area contributed by atoms with Gasteiger partial charge >= 0.3 is 0 Å². The highest BCUT2D eigenvalue weighted by atomic mass is 16.3. The van der Waals surface area contributed by atoms with E-state index in [4.69, 9.17) is 10.2 Å². The van der Waals surface area contributed by atoms with E-state index in [-0.39, 0.29) is 24.0 Å². The van der Waals surface area contributed by atoms with E-state index in [2.05, 4.69) is 0 Å². The van der Waals surface area contributed by atoms with E-state index in [0.29, 0.717) is 0 Å². The van der Waals surface area contributed by atoms with Gasteiger partial charge in [-0.2, -0.15) is 0 Å². The zero-order valence-corrected chi connectivity index (χ0v) is 7.62. The van der Waals surface area contributed by atoms with Crippen LogP contribution in [0.3, 0.4) is 0 Å². The van der Waals surface area contributed by atoms with Crippen LogP contribution in [-0.2, 0) is 0 Å². The zero-order chi connectivity index (χ0) is 9.24. The summed E-state index contributed by atoms with van der Waals surface area (Å²) in [6, 6.07) is 0. The molecule has 1 aliphatic rings. The van der Waals surface area contributed by atoms with Crippen molar-refractivity contribution >= 4 is 0 Å².